The summed E-state index contributed by atoms with van der Waals surface area (Å²) in [6, 6.07) is 3.26. The van der Waals surface area contributed by atoms with Crippen LogP contribution in [0.4, 0.5) is 0 Å². The highest BCUT2D eigenvalue weighted by atomic mass is 32.2. The lowest BCUT2D eigenvalue weighted by Gasteiger charge is -2.26. The Bertz CT molecular complexity index is 561. The first-order valence-electron chi connectivity index (χ1n) is 6.69. The van der Waals surface area contributed by atoms with Crippen molar-refractivity contribution in [2.45, 2.75) is 64.2 Å². The van der Waals surface area contributed by atoms with Crippen LogP contribution in [0, 0.1) is 0 Å². The molecule has 0 saturated heterocycles. The van der Waals surface area contributed by atoms with Crippen molar-refractivity contribution < 1.29 is 13.0 Å². The minimum Gasteiger partial charge on any atom is -0.744 e. The van der Waals surface area contributed by atoms with Crippen molar-refractivity contribution >= 4 is 10.1 Å². The minimum absolute atomic E-state index is 0. The highest BCUT2D eigenvalue weighted by Crippen LogP contribution is 2.37. The van der Waals surface area contributed by atoms with Crippen LogP contribution in [0.2, 0.25) is 0 Å². The van der Waals surface area contributed by atoms with Crippen molar-refractivity contribution in [2.75, 3.05) is 0 Å². The molecule has 4 N–H and O–H groups in total. The molecule has 0 fully saturated rings. The second kappa shape index (κ2) is 6.70. The van der Waals surface area contributed by atoms with Gasteiger partial charge in [-0.3, -0.25) is 0 Å². The molecule has 0 aliphatic carbocycles. The minimum atomic E-state index is -4.43. The molecule has 5 heteroatoms. The Balaban J connectivity index is 0.00000361. The van der Waals surface area contributed by atoms with Gasteiger partial charge in [-0.1, -0.05) is 47.6 Å². The topological polar surface area (TPSA) is 93.7 Å². The number of quaternary nitrogens is 1. The first kappa shape index (κ1) is 19.1. The van der Waals surface area contributed by atoms with Gasteiger partial charge < -0.3 is 10.7 Å². The summed E-state index contributed by atoms with van der Waals surface area (Å²) in [5.74, 6) is 0.504. The molecule has 0 amide bonds. The van der Waals surface area contributed by atoms with Crippen molar-refractivity contribution in [2.24, 2.45) is 0 Å². The molecule has 0 unspecified atom stereocenters. The molecule has 0 heterocycles. The van der Waals surface area contributed by atoms with Gasteiger partial charge in [0.15, 0.2) is 0 Å². The van der Waals surface area contributed by atoms with E-state index in [4.69, 9.17) is 0 Å². The first-order chi connectivity index (χ1) is 8.57. The Morgan fingerprint density at radius 3 is 1.60 bits per heavy atom. The third-order valence-corrected chi connectivity index (χ3v) is 4.22. The van der Waals surface area contributed by atoms with Gasteiger partial charge in [-0.2, -0.15) is 0 Å². The Labute approximate surface area is 122 Å². The van der Waals surface area contributed by atoms with Crippen LogP contribution in [-0.4, -0.2) is 13.0 Å². The maximum absolute atomic E-state index is 11.5. The Hall–Kier alpha value is -0.910. The SMILES string of the molecule is CC(C)c1ccc(S(=O)(=O)[O-])c(C(C)C)c1C(C)C.[NH4+]. The molecule has 0 aromatic heterocycles. The van der Waals surface area contributed by atoms with Crippen LogP contribution in [0.25, 0.3) is 0 Å². The zero-order valence-electron chi connectivity index (χ0n) is 13.5. The molecule has 116 valence electrons. The Kier molecular flexibility index (Phi) is 6.39. The number of hydrogen-bond acceptors (Lipinski definition) is 3. The highest BCUT2D eigenvalue weighted by molar-refractivity contribution is 7.85. The van der Waals surface area contributed by atoms with Gasteiger partial charge in [-0.25, -0.2) is 8.42 Å². The fourth-order valence-corrected chi connectivity index (χ4v) is 3.44. The van der Waals surface area contributed by atoms with E-state index in [0.717, 1.165) is 11.1 Å². The summed E-state index contributed by atoms with van der Waals surface area (Å²) < 4.78 is 34.4. The molecule has 1 aromatic rings. The molecule has 0 bridgehead atoms. The second-order valence-corrected chi connectivity index (χ2v) is 7.25. The third kappa shape index (κ3) is 3.81. The standard InChI is InChI=1S/C15H24O3S.H3N/c1-9(2)12-7-8-13(19(16,17)18)15(11(5)6)14(12)10(3)4;/h7-11H,1-6H3,(H,16,17,18);1H3. The number of benzene rings is 1. The molecule has 4 nitrogen and oxygen atoms in total. The van der Waals surface area contributed by atoms with Crippen LogP contribution in [0.15, 0.2) is 17.0 Å². The van der Waals surface area contributed by atoms with Gasteiger partial charge in [0.25, 0.3) is 0 Å². The van der Waals surface area contributed by atoms with Gasteiger partial charge in [0.05, 0.1) is 4.90 Å². The predicted octanol–water partition coefficient (Wildman–Crippen LogP) is 4.34. The van der Waals surface area contributed by atoms with Crippen molar-refractivity contribution in [3.8, 4) is 0 Å². The molecule has 0 aliphatic rings. The zero-order valence-corrected chi connectivity index (χ0v) is 14.3. The smallest absolute Gasteiger partial charge is 0.124 e. The first-order valence-corrected chi connectivity index (χ1v) is 8.10. The second-order valence-electron chi connectivity index (χ2n) is 5.90. The lowest BCUT2D eigenvalue weighted by atomic mass is 9.83. The quantitative estimate of drug-likeness (QED) is 0.838. The van der Waals surface area contributed by atoms with Gasteiger partial charge in [0, 0.05) is 0 Å². The Morgan fingerprint density at radius 1 is 0.850 bits per heavy atom. The molecule has 1 aromatic carbocycles. The van der Waals surface area contributed by atoms with Crippen molar-refractivity contribution in [1.29, 1.82) is 0 Å². The summed E-state index contributed by atoms with van der Waals surface area (Å²) in [4.78, 5) is -0.0596. The summed E-state index contributed by atoms with van der Waals surface area (Å²) in [5, 5.41) is 0. The van der Waals surface area contributed by atoms with E-state index >= 15 is 0 Å². The predicted molar refractivity (Wildman–Crippen MR) is 82.7 cm³/mol. The molecule has 1 rings (SSSR count). The van der Waals surface area contributed by atoms with E-state index in [2.05, 4.69) is 13.8 Å². The maximum atomic E-state index is 11.5. The van der Waals surface area contributed by atoms with Crippen molar-refractivity contribution in [3.05, 3.63) is 28.8 Å². The number of hydrogen-bond donors (Lipinski definition) is 1. The van der Waals surface area contributed by atoms with Crippen molar-refractivity contribution in [3.63, 3.8) is 0 Å². The normalized spacial score (nSPS) is 12.1. The molecular formula is C15H27NO3S. The van der Waals surface area contributed by atoms with E-state index in [1.54, 1.807) is 6.07 Å². The summed E-state index contributed by atoms with van der Waals surface area (Å²) >= 11 is 0. The zero-order chi connectivity index (χ0) is 15.0. The van der Waals surface area contributed by atoms with Crippen LogP contribution in [0.1, 0.15) is 76.0 Å². The monoisotopic (exact) mass is 301 g/mol. The highest BCUT2D eigenvalue weighted by Gasteiger charge is 2.22. The summed E-state index contributed by atoms with van der Waals surface area (Å²) in [7, 11) is -4.43. The summed E-state index contributed by atoms with van der Waals surface area (Å²) in [6.45, 7) is 12.1. The van der Waals surface area contributed by atoms with Gasteiger partial charge in [0.1, 0.15) is 10.1 Å². The molecule has 0 saturated carbocycles. The van der Waals surface area contributed by atoms with Crippen LogP contribution >= 0.6 is 0 Å². The fourth-order valence-electron chi connectivity index (χ4n) is 2.59. The van der Waals surface area contributed by atoms with Gasteiger partial charge in [0.2, 0.25) is 0 Å². The van der Waals surface area contributed by atoms with E-state index in [9.17, 15) is 13.0 Å². The van der Waals surface area contributed by atoms with E-state index in [1.165, 1.54) is 6.07 Å². The molecule has 0 atom stereocenters. The molecule has 20 heavy (non-hydrogen) atoms. The van der Waals surface area contributed by atoms with Gasteiger partial charge in [-0.05, 0) is 40.5 Å². The fraction of sp³-hybridized carbons (Fsp3) is 0.600. The Morgan fingerprint density at radius 2 is 1.30 bits per heavy atom. The number of rotatable bonds is 4. The largest absolute Gasteiger partial charge is 0.744 e. The summed E-state index contributed by atoms with van der Waals surface area (Å²) in [6.07, 6.45) is 0. The molecular weight excluding hydrogens is 274 g/mol. The van der Waals surface area contributed by atoms with Crippen LogP contribution in [0.5, 0.6) is 0 Å². The summed E-state index contributed by atoms with van der Waals surface area (Å²) in [5.41, 5.74) is 2.84. The molecule has 0 radical (unpaired) electrons. The van der Waals surface area contributed by atoms with E-state index < -0.39 is 10.1 Å². The third-order valence-electron chi connectivity index (χ3n) is 3.33. The van der Waals surface area contributed by atoms with Crippen LogP contribution in [0.3, 0.4) is 0 Å². The van der Waals surface area contributed by atoms with Gasteiger partial charge >= 0.3 is 0 Å². The van der Waals surface area contributed by atoms with E-state index in [-0.39, 0.29) is 22.9 Å². The van der Waals surface area contributed by atoms with Gasteiger partial charge in [-0.15, -0.1) is 0 Å². The van der Waals surface area contributed by atoms with Crippen LogP contribution in [-0.2, 0) is 10.1 Å². The molecule has 0 spiro atoms. The molecule has 0 aliphatic heterocycles. The average Bonchev–Trinajstić information content (AvgIpc) is 2.25. The lowest BCUT2D eigenvalue weighted by Crippen LogP contribution is -2.12. The average molecular weight is 301 g/mol. The van der Waals surface area contributed by atoms with E-state index in [0.29, 0.717) is 11.5 Å². The van der Waals surface area contributed by atoms with E-state index in [1.807, 2.05) is 27.7 Å². The lowest BCUT2D eigenvalue weighted by molar-refractivity contribution is 0.461. The van der Waals surface area contributed by atoms with Crippen LogP contribution < -0.4 is 6.15 Å². The maximum Gasteiger partial charge on any atom is 0.124 e. The van der Waals surface area contributed by atoms with Crippen molar-refractivity contribution in [1.82, 2.24) is 6.15 Å².